The molecule has 0 aliphatic carbocycles. The van der Waals surface area contributed by atoms with Gasteiger partial charge < -0.3 is 10.2 Å². The number of hydrogen-bond acceptors (Lipinski definition) is 4. The first-order chi connectivity index (χ1) is 11.3. The zero-order valence-electron chi connectivity index (χ0n) is 14.8. The summed E-state index contributed by atoms with van der Waals surface area (Å²) in [6.07, 6.45) is 5.69. The number of nitrogens with zero attached hydrogens (tertiary/aromatic N) is 3. The smallest absolute Gasteiger partial charge is 0.230 e. The SMILES string of the molecule is CC1(C)CC(N(c2ccc(Br)cc2)c2ncccn2)CC(C)(C)N1. The van der Waals surface area contributed by atoms with Gasteiger partial charge in [-0.3, -0.25) is 0 Å². The molecular weight excluding hydrogens is 364 g/mol. The van der Waals surface area contributed by atoms with E-state index in [1.165, 1.54) is 0 Å². The van der Waals surface area contributed by atoms with Crippen LogP contribution in [-0.4, -0.2) is 27.1 Å². The second-order valence-corrected chi connectivity index (χ2v) is 8.77. The van der Waals surface area contributed by atoms with Gasteiger partial charge in [0.25, 0.3) is 0 Å². The molecule has 5 heteroatoms. The molecule has 0 unspecified atom stereocenters. The minimum atomic E-state index is 0.0643. The Morgan fingerprint density at radius 1 is 1.00 bits per heavy atom. The van der Waals surface area contributed by atoms with Crippen molar-refractivity contribution in [1.82, 2.24) is 15.3 Å². The quantitative estimate of drug-likeness (QED) is 0.827. The number of halogens is 1. The Labute approximate surface area is 152 Å². The Bertz CT molecular complexity index is 666. The summed E-state index contributed by atoms with van der Waals surface area (Å²) in [6, 6.07) is 10.6. The number of benzene rings is 1. The van der Waals surface area contributed by atoms with Crippen LogP contribution in [0.3, 0.4) is 0 Å². The van der Waals surface area contributed by atoms with Crippen molar-refractivity contribution in [2.45, 2.75) is 57.7 Å². The van der Waals surface area contributed by atoms with Gasteiger partial charge in [-0.05, 0) is 70.9 Å². The molecule has 0 amide bonds. The van der Waals surface area contributed by atoms with E-state index in [0.717, 1.165) is 29.0 Å². The number of anilines is 2. The van der Waals surface area contributed by atoms with Crippen LogP contribution in [0.25, 0.3) is 0 Å². The van der Waals surface area contributed by atoms with E-state index in [0.29, 0.717) is 6.04 Å². The molecule has 3 rings (SSSR count). The lowest BCUT2D eigenvalue weighted by molar-refractivity contribution is 0.162. The molecule has 24 heavy (non-hydrogen) atoms. The molecule has 0 bridgehead atoms. The van der Waals surface area contributed by atoms with Crippen molar-refractivity contribution in [1.29, 1.82) is 0 Å². The van der Waals surface area contributed by atoms with Crippen molar-refractivity contribution in [3.8, 4) is 0 Å². The fraction of sp³-hybridized carbons (Fsp3) is 0.474. The van der Waals surface area contributed by atoms with Gasteiger partial charge in [-0.15, -0.1) is 0 Å². The molecule has 128 valence electrons. The highest BCUT2D eigenvalue weighted by Gasteiger charge is 2.41. The lowest BCUT2D eigenvalue weighted by atomic mass is 9.79. The van der Waals surface area contributed by atoms with Crippen LogP contribution in [0.2, 0.25) is 0 Å². The number of aromatic nitrogens is 2. The van der Waals surface area contributed by atoms with E-state index in [2.05, 4.69) is 88.1 Å². The summed E-state index contributed by atoms with van der Waals surface area (Å²) in [5, 5.41) is 3.75. The van der Waals surface area contributed by atoms with Crippen LogP contribution in [0.15, 0.2) is 47.2 Å². The molecule has 4 nitrogen and oxygen atoms in total. The van der Waals surface area contributed by atoms with Crippen molar-refractivity contribution >= 4 is 27.6 Å². The van der Waals surface area contributed by atoms with E-state index in [9.17, 15) is 0 Å². The van der Waals surface area contributed by atoms with Gasteiger partial charge in [0.15, 0.2) is 0 Å². The van der Waals surface area contributed by atoms with Crippen LogP contribution in [0.1, 0.15) is 40.5 Å². The monoisotopic (exact) mass is 388 g/mol. The van der Waals surface area contributed by atoms with Crippen molar-refractivity contribution in [2.24, 2.45) is 0 Å². The maximum absolute atomic E-state index is 4.53. The third kappa shape index (κ3) is 3.95. The largest absolute Gasteiger partial charge is 0.307 e. The van der Waals surface area contributed by atoms with Gasteiger partial charge in [-0.2, -0.15) is 0 Å². The highest BCUT2D eigenvalue weighted by atomic mass is 79.9. The third-order valence-corrected chi connectivity index (χ3v) is 4.93. The first-order valence-corrected chi connectivity index (χ1v) is 9.16. The first-order valence-electron chi connectivity index (χ1n) is 8.37. The molecule has 1 aromatic heterocycles. The highest BCUT2D eigenvalue weighted by Crippen LogP contribution is 2.37. The van der Waals surface area contributed by atoms with Crippen LogP contribution in [-0.2, 0) is 0 Å². The predicted molar refractivity (Wildman–Crippen MR) is 103 cm³/mol. The number of nitrogens with one attached hydrogen (secondary N) is 1. The van der Waals surface area contributed by atoms with Crippen molar-refractivity contribution in [2.75, 3.05) is 4.90 Å². The Kier molecular flexibility index (Phi) is 4.67. The topological polar surface area (TPSA) is 41.1 Å². The van der Waals surface area contributed by atoms with Gasteiger partial charge in [0.2, 0.25) is 5.95 Å². The minimum absolute atomic E-state index is 0.0643. The molecule has 1 aromatic carbocycles. The maximum Gasteiger partial charge on any atom is 0.230 e. The first kappa shape index (κ1) is 17.4. The summed E-state index contributed by atoms with van der Waals surface area (Å²) in [5.74, 6) is 0.762. The average Bonchev–Trinajstić information content (AvgIpc) is 2.47. The van der Waals surface area contributed by atoms with Crippen molar-refractivity contribution in [3.63, 3.8) is 0 Å². The second kappa shape index (κ2) is 6.45. The fourth-order valence-corrected chi connectivity index (χ4v) is 4.22. The summed E-state index contributed by atoms with van der Waals surface area (Å²) in [7, 11) is 0. The van der Waals surface area contributed by atoms with Gasteiger partial charge in [0, 0.05) is 39.7 Å². The average molecular weight is 389 g/mol. The van der Waals surface area contributed by atoms with Crippen LogP contribution in [0.4, 0.5) is 11.6 Å². The summed E-state index contributed by atoms with van der Waals surface area (Å²) < 4.78 is 1.08. The van der Waals surface area contributed by atoms with Crippen LogP contribution in [0, 0.1) is 0 Å². The normalized spacial score (nSPS) is 19.9. The molecule has 1 aliphatic rings. The molecule has 0 spiro atoms. The van der Waals surface area contributed by atoms with Crippen LogP contribution in [0.5, 0.6) is 0 Å². The summed E-state index contributed by atoms with van der Waals surface area (Å²) in [4.78, 5) is 11.4. The van der Waals surface area contributed by atoms with Gasteiger partial charge in [0.05, 0.1) is 0 Å². The lowest BCUT2D eigenvalue weighted by Gasteiger charge is -2.49. The fourth-order valence-electron chi connectivity index (χ4n) is 3.96. The van der Waals surface area contributed by atoms with Gasteiger partial charge in [0.1, 0.15) is 0 Å². The summed E-state index contributed by atoms with van der Waals surface area (Å²) >= 11 is 3.52. The molecule has 1 fully saturated rings. The summed E-state index contributed by atoms with van der Waals surface area (Å²) in [6.45, 7) is 9.08. The van der Waals surface area contributed by atoms with Crippen LogP contribution < -0.4 is 10.2 Å². The van der Waals surface area contributed by atoms with Gasteiger partial charge >= 0.3 is 0 Å². The number of hydrogen-bond donors (Lipinski definition) is 1. The molecule has 2 aromatic rings. The zero-order valence-corrected chi connectivity index (χ0v) is 16.3. The standard InChI is InChI=1S/C19H25BrN4/c1-18(2)12-16(13-19(3,4)23-18)24(17-21-10-5-11-22-17)15-8-6-14(20)7-9-15/h5-11,16,23H,12-13H2,1-4H3. The molecule has 1 aliphatic heterocycles. The molecule has 1 saturated heterocycles. The molecular formula is C19H25BrN4. The predicted octanol–water partition coefficient (Wildman–Crippen LogP) is 4.69. The highest BCUT2D eigenvalue weighted by molar-refractivity contribution is 9.10. The minimum Gasteiger partial charge on any atom is -0.307 e. The number of rotatable bonds is 3. The Balaban J connectivity index is 2.03. The van der Waals surface area contributed by atoms with E-state index in [1.54, 1.807) is 0 Å². The summed E-state index contributed by atoms with van der Waals surface area (Å²) in [5.41, 5.74) is 1.26. The molecule has 0 saturated carbocycles. The van der Waals surface area contributed by atoms with E-state index in [1.807, 2.05) is 18.5 Å². The van der Waals surface area contributed by atoms with Crippen molar-refractivity contribution < 1.29 is 0 Å². The molecule has 1 N–H and O–H groups in total. The van der Waals surface area contributed by atoms with Gasteiger partial charge in [-0.25, -0.2) is 9.97 Å². The van der Waals surface area contributed by atoms with E-state index >= 15 is 0 Å². The Morgan fingerprint density at radius 2 is 1.54 bits per heavy atom. The molecule has 2 heterocycles. The van der Waals surface area contributed by atoms with E-state index in [4.69, 9.17) is 0 Å². The Morgan fingerprint density at radius 3 is 2.08 bits per heavy atom. The van der Waals surface area contributed by atoms with E-state index in [-0.39, 0.29) is 11.1 Å². The van der Waals surface area contributed by atoms with Crippen LogP contribution >= 0.6 is 15.9 Å². The zero-order chi connectivity index (χ0) is 17.4. The van der Waals surface area contributed by atoms with E-state index < -0.39 is 0 Å². The van der Waals surface area contributed by atoms with Crippen molar-refractivity contribution in [3.05, 3.63) is 47.2 Å². The van der Waals surface area contributed by atoms with Gasteiger partial charge in [-0.1, -0.05) is 15.9 Å². The number of piperidine rings is 1. The lowest BCUT2D eigenvalue weighted by Crippen LogP contribution is -2.61. The molecule has 0 atom stereocenters. The second-order valence-electron chi connectivity index (χ2n) is 7.85. The third-order valence-electron chi connectivity index (χ3n) is 4.41. The Hall–Kier alpha value is -1.46. The molecule has 0 radical (unpaired) electrons. The maximum atomic E-state index is 4.53.